The number of carbonyl (C=O) groups excluding carboxylic acids is 2. The lowest BCUT2D eigenvalue weighted by Crippen LogP contribution is -2.37. The van der Waals surface area contributed by atoms with E-state index >= 15 is 0 Å². The zero-order chi connectivity index (χ0) is 32.2. The summed E-state index contributed by atoms with van der Waals surface area (Å²) in [5, 5.41) is 0. The lowest BCUT2D eigenvalue weighted by atomic mass is 10.1. The number of ether oxygens (including phenoxy) is 2. The first-order valence-corrected chi connectivity index (χ1v) is 18.4. The Labute approximate surface area is 263 Å². The highest BCUT2D eigenvalue weighted by Crippen LogP contribution is 2.38. The maximum Gasteiger partial charge on any atom is 0.306 e. The topological polar surface area (TPSA) is 111 Å². The van der Waals surface area contributed by atoms with Crippen LogP contribution in [0.5, 0.6) is 0 Å². The van der Waals surface area contributed by atoms with Crippen LogP contribution in [0.3, 0.4) is 0 Å². The van der Waals surface area contributed by atoms with Crippen molar-refractivity contribution in [3.63, 3.8) is 0 Å². The highest BCUT2D eigenvalue weighted by atomic mass is 31.2. The van der Waals surface area contributed by atoms with Gasteiger partial charge in [-0.2, -0.15) is 0 Å². The molecule has 0 aromatic heterocycles. The molecule has 43 heavy (non-hydrogen) atoms. The Morgan fingerprint density at radius 3 is 1.79 bits per heavy atom. The van der Waals surface area contributed by atoms with Crippen molar-refractivity contribution in [2.75, 3.05) is 47.5 Å². The maximum absolute atomic E-state index is 12.5. The molecule has 0 aromatic carbocycles. The lowest BCUT2D eigenvalue weighted by molar-refractivity contribution is -0.870. The van der Waals surface area contributed by atoms with Crippen molar-refractivity contribution in [3.05, 3.63) is 12.2 Å². The van der Waals surface area contributed by atoms with Crippen molar-refractivity contribution in [1.82, 2.24) is 0 Å². The van der Waals surface area contributed by atoms with Crippen LogP contribution in [-0.2, 0) is 32.7 Å². The van der Waals surface area contributed by atoms with Gasteiger partial charge in [-0.1, -0.05) is 103 Å². The second kappa shape index (κ2) is 27.1. The minimum Gasteiger partial charge on any atom is -0.756 e. The number of phosphoric acid groups is 1. The quantitative estimate of drug-likeness (QED) is 0.0261. The van der Waals surface area contributed by atoms with E-state index in [9.17, 15) is 19.0 Å². The van der Waals surface area contributed by atoms with Crippen LogP contribution in [0.15, 0.2) is 12.2 Å². The van der Waals surface area contributed by atoms with Crippen LogP contribution in [0.2, 0.25) is 0 Å². The van der Waals surface area contributed by atoms with Gasteiger partial charge in [0.15, 0.2) is 6.10 Å². The number of likely N-dealkylation sites (N-methyl/N-ethyl adjacent to an activating group) is 1. The van der Waals surface area contributed by atoms with E-state index in [-0.39, 0.29) is 26.1 Å². The molecule has 0 bridgehead atoms. The third kappa shape index (κ3) is 30.6. The van der Waals surface area contributed by atoms with Crippen molar-refractivity contribution < 1.29 is 42.1 Å². The molecule has 0 aromatic rings. The van der Waals surface area contributed by atoms with Crippen LogP contribution < -0.4 is 4.89 Å². The summed E-state index contributed by atoms with van der Waals surface area (Å²) in [6.07, 6.45) is 22.5. The average molecular weight is 634 g/mol. The molecular weight excluding hydrogens is 569 g/mol. The number of phosphoric ester groups is 1. The van der Waals surface area contributed by atoms with E-state index in [4.69, 9.17) is 18.5 Å². The van der Waals surface area contributed by atoms with E-state index in [1.807, 2.05) is 21.1 Å². The van der Waals surface area contributed by atoms with Gasteiger partial charge in [0.05, 0.1) is 27.7 Å². The summed E-state index contributed by atoms with van der Waals surface area (Å²) in [6.45, 7) is 4.11. The van der Waals surface area contributed by atoms with Crippen molar-refractivity contribution in [2.45, 2.75) is 142 Å². The molecule has 0 saturated carbocycles. The van der Waals surface area contributed by atoms with E-state index in [0.717, 1.165) is 57.8 Å². The molecule has 0 fully saturated rings. The molecular formula is C33H64NO8P. The smallest absolute Gasteiger partial charge is 0.306 e. The van der Waals surface area contributed by atoms with Gasteiger partial charge in [0.25, 0.3) is 7.82 Å². The van der Waals surface area contributed by atoms with Gasteiger partial charge in [-0.15, -0.1) is 0 Å². The molecule has 0 heterocycles. The zero-order valence-electron chi connectivity index (χ0n) is 28.2. The fourth-order valence-electron chi connectivity index (χ4n) is 4.28. The number of hydrogen-bond donors (Lipinski definition) is 0. The third-order valence-electron chi connectivity index (χ3n) is 7.04. The highest BCUT2D eigenvalue weighted by molar-refractivity contribution is 7.45. The number of allylic oxidation sites excluding steroid dienone is 2. The molecule has 0 saturated heterocycles. The van der Waals surface area contributed by atoms with Gasteiger partial charge in [-0.25, -0.2) is 0 Å². The fraction of sp³-hybridized carbons (Fsp3) is 0.879. The van der Waals surface area contributed by atoms with Gasteiger partial charge in [0.2, 0.25) is 0 Å². The molecule has 0 radical (unpaired) electrons. The number of unbranched alkanes of at least 4 members (excludes halogenated alkanes) is 14. The molecule has 9 nitrogen and oxygen atoms in total. The molecule has 0 aliphatic carbocycles. The summed E-state index contributed by atoms with van der Waals surface area (Å²) < 4.78 is 33.5. The highest BCUT2D eigenvalue weighted by Gasteiger charge is 2.21. The van der Waals surface area contributed by atoms with Crippen LogP contribution in [-0.4, -0.2) is 70.0 Å². The molecule has 0 spiro atoms. The van der Waals surface area contributed by atoms with Gasteiger partial charge in [0.1, 0.15) is 19.8 Å². The Kier molecular flexibility index (Phi) is 26.3. The van der Waals surface area contributed by atoms with Crippen molar-refractivity contribution >= 4 is 19.8 Å². The van der Waals surface area contributed by atoms with Gasteiger partial charge < -0.3 is 27.9 Å². The number of rotatable bonds is 30. The Balaban J connectivity index is 4.52. The van der Waals surface area contributed by atoms with E-state index in [0.29, 0.717) is 17.4 Å². The maximum atomic E-state index is 12.5. The van der Waals surface area contributed by atoms with E-state index in [1.165, 1.54) is 44.9 Å². The second-order valence-electron chi connectivity index (χ2n) is 12.5. The van der Waals surface area contributed by atoms with Gasteiger partial charge in [0, 0.05) is 12.8 Å². The van der Waals surface area contributed by atoms with Crippen molar-refractivity contribution in [3.8, 4) is 0 Å². The fourth-order valence-corrected chi connectivity index (χ4v) is 5.01. The summed E-state index contributed by atoms with van der Waals surface area (Å²) in [4.78, 5) is 37.0. The molecule has 0 rings (SSSR count). The SMILES string of the molecule is CCCC/C=C\CCCCCCCC(=O)OC(COC(=O)CCCCCCCCCC)COP(=O)([O-])OCC[N+](C)(C)C. The first-order valence-electron chi connectivity index (χ1n) is 16.9. The van der Waals surface area contributed by atoms with Gasteiger partial charge in [-0.3, -0.25) is 14.2 Å². The van der Waals surface area contributed by atoms with Gasteiger partial charge >= 0.3 is 11.9 Å². The molecule has 2 unspecified atom stereocenters. The number of nitrogens with zero attached hydrogens (tertiary/aromatic N) is 1. The summed E-state index contributed by atoms with van der Waals surface area (Å²) >= 11 is 0. The van der Waals surface area contributed by atoms with E-state index in [1.54, 1.807) is 0 Å². The molecule has 10 heteroatoms. The average Bonchev–Trinajstić information content (AvgIpc) is 2.93. The van der Waals surface area contributed by atoms with E-state index in [2.05, 4.69) is 26.0 Å². The molecule has 0 aliphatic heterocycles. The van der Waals surface area contributed by atoms with Crippen LogP contribution in [0.25, 0.3) is 0 Å². The molecule has 0 amide bonds. The van der Waals surface area contributed by atoms with Crippen molar-refractivity contribution in [2.24, 2.45) is 0 Å². The number of esters is 2. The predicted molar refractivity (Wildman–Crippen MR) is 171 cm³/mol. The normalized spacial score (nSPS) is 14.1. The Morgan fingerprint density at radius 1 is 0.698 bits per heavy atom. The first kappa shape index (κ1) is 41.8. The van der Waals surface area contributed by atoms with Gasteiger partial charge in [-0.05, 0) is 32.1 Å². The second-order valence-corrected chi connectivity index (χ2v) is 13.9. The third-order valence-corrected chi connectivity index (χ3v) is 8.00. The van der Waals surface area contributed by atoms with Crippen LogP contribution in [0, 0.1) is 0 Å². The molecule has 0 N–H and O–H groups in total. The minimum absolute atomic E-state index is 0.0303. The number of carbonyl (C=O) groups is 2. The lowest BCUT2D eigenvalue weighted by Gasteiger charge is -2.28. The standard InChI is InChI=1S/C33H64NO8P/c1-6-8-10-12-14-16-17-18-20-22-24-26-33(36)42-31(30-41-43(37,38)40-28-27-34(3,4)5)29-39-32(35)25-23-21-19-15-13-11-9-7-2/h12,14,31H,6-11,13,15-30H2,1-5H3/b14-12-. The minimum atomic E-state index is -4.60. The Morgan fingerprint density at radius 2 is 1.21 bits per heavy atom. The largest absolute Gasteiger partial charge is 0.756 e. The van der Waals surface area contributed by atoms with Crippen LogP contribution in [0.4, 0.5) is 0 Å². The predicted octanol–water partition coefficient (Wildman–Crippen LogP) is 7.66. The molecule has 2 atom stereocenters. The summed E-state index contributed by atoms with van der Waals surface area (Å²) in [7, 11) is 1.16. The summed E-state index contributed by atoms with van der Waals surface area (Å²) in [5.74, 6) is -0.852. The number of hydrogen-bond acceptors (Lipinski definition) is 8. The number of quaternary nitrogens is 1. The zero-order valence-corrected chi connectivity index (χ0v) is 29.1. The van der Waals surface area contributed by atoms with E-state index < -0.39 is 32.5 Å². The summed E-state index contributed by atoms with van der Waals surface area (Å²) in [6, 6.07) is 0. The summed E-state index contributed by atoms with van der Waals surface area (Å²) in [5.41, 5.74) is 0. The first-order chi connectivity index (χ1) is 20.5. The molecule has 0 aliphatic rings. The van der Waals surface area contributed by atoms with Crippen molar-refractivity contribution in [1.29, 1.82) is 0 Å². The monoisotopic (exact) mass is 633 g/mol. The Hall–Kier alpha value is -1.25. The van der Waals surface area contributed by atoms with Crippen LogP contribution >= 0.6 is 7.82 Å². The Bertz CT molecular complexity index is 768. The molecule has 254 valence electrons. The van der Waals surface area contributed by atoms with Crippen LogP contribution in [0.1, 0.15) is 136 Å².